The molecular formula is C16H23NOS. The van der Waals surface area contributed by atoms with Gasteiger partial charge >= 0.3 is 0 Å². The number of hydrogen-bond donors (Lipinski definition) is 0. The van der Waals surface area contributed by atoms with Gasteiger partial charge in [-0.2, -0.15) is 11.3 Å². The first kappa shape index (κ1) is 13.3. The molecule has 0 bridgehead atoms. The molecule has 0 saturated heterocycles. The molecule has 3 heteroatoms. The van der Waals surface area contributed by atoms with Crippen molar-refractivity contribution in [1.29, 1.82) is 0 Å². The van der Waals surface area contributed by atoms with E-state index in [1.807, 2.05) is 0 Å². The van der Waals surface area contributed by atoms with Gasteiger partial charge in [-0.15, -0.1) is 0 Å². The number of carbonyl (C=O) groups is 1. The monoisotopic (exact) mass is 277 g/mol. The van der Waals surface area contributed by atoms with Crippen molar-refractivity contribution >= 4 is 17.6 Å². The van der Waals surface area contributed by atoms with Crippen LogP contribution >= 0.6 is 11.3 Å². The van der Waals surface area contributed by atoms with Crippen molar-refractivity contribution in [2.24, 2.45) is 5.41 Å². The van der Waals surface area contributed by atoms with E-state index in [1.165, 1.54) is 44.0 Å². The van der Waals surface area contributed by atoms with Crippen LogP contribution in [0.2, 0.25) is 0 Å². The normalized spacial score (nSPS) is 22.6. The van der Waals surface area contributed by atoms with E-state index in [4.69, 9.17) is 0 Å². The van der Waals surface area contributed by atoms with Crippen LogP contribution in [0.15, 0.2) is 16.8 Å². The zero-order chi connectivity index (χ0) is 13.1. The second-order valence-corrected chi connectivity index (χ2v) is 7.09. The van der Waals surface area contributed by atoms with E-state index in [-0.39, 0.29) is 5.41 Å². The largest absolute Gasteiger partial charge is 0.303 e. The lowest BCUT2D eigenvalue weighted by Gasteiger charge is -2.37. The highest BCUT2D eigenvalue weighted by molar-refractivity contribution is 7.07. The van der Waals surface area contributed by atoms with Crippen molar-refractivity contribution in [3.63, 3.8) is 0 Å². The fourth-order valence-corrected chi connectivity index (χ4v) is 4.00. The molecule has 0 N–H and O–H groups in total. The van der Waals surface area contributed by atoms with Crippen LogP contribution in [0.25, 0.3) is 0 Å². The maximum absolute atomic E-state index is 11.6. The summed E-state index contributed by atoms with van der Waals surface area (Å²) >= 11 is 1.77. The van der Waals surface area contributed by atoms with Gasteiger partial charge in [-0.25, -0.2) is 0 Å². The summed E-state index contributed by atoms with van der Waals surface area (Å²) in [6, 6.07) is 2.95. The van der Waals surface area contributed by atoms with Crippen LogP contribution in [0, 0.1) is 5.41 Å². The van der Waals surface area contributed by atoms with Gasteiger partial charge in [0.25, 0.3) is 0 Å². The lowest BCUT2D eigenvalue weighted by molar-refractivity contribution is -0.119. The molecule has 0 aliphatic heterocycles. The Morgan fingerprint density at radius 3 is 2.68 bits per heavy atom. The highest BCUT2D eigenvalue weighted by atomic mass is 32.1. The molecule has 0 atom stereocenters. The van der Waals surface area contributed by atoms with E-state index in [0.717, 1.165) is 32.0 Å². The van der Waals surface area contributed by atoms with Gasteiger partial charge in [0, 0.05) is 24.5 Å². The molecule has 3 rings (SSSR count). The standard InChI is InChI=1S/C16H23NOS/c18-13-16(7-2-1-3-8-16)12-17(15-4-5-15)10-14-6-9-19-11-14/h6,9,11,13,15H,1-5,7-8,10,12H2. The summed E-state index contributed by atoms with van der Waals surface area (Å²) in [5, 5.41) is 4.39. The number of hydrogen-bond acceptors (Lipinski definition) is 3. The van der Waals surface area contributed by atoms with Gasteiger partial charge in [-0.3, -0.25) is 4.90 Å². The number of carbonyl (C=O) groups excluding carboxylic acids is 1. The number of rotatable bonds is 6. The molecular weight excluding hydrogens is 254 g/mol. The van der Waals surface area contributed by atoms with Crippen LogP contribution in [0.4, 0.5) is 0 Å². The summed E-state index contributed by atoms with van der Waals surface area (Å²) in [5.41, 5.74) is 1.37. The second-order valence-electron chi connectivity index (χ2n) is 6.31. The van der Waals surface area contributed by atoms with Gasteiger partial charge in [-0.05, 0) is 48.1 Å². The minimum absolute atomic E-state index is 0.0448. The Kier molecular flexibility index (Phi) is 4.04. The predicted molar refractivity (Wildman–Crippen MR) is 79.3 cm³/mol. The van der Waals surface area contributed by atoms with Gasteiger partial charge in [0.15, 0.2) is 0 Å². The van der Waals surface area contributed by atoms with Crippen LogP contribution in [0.1, 0.15) is 50.5 Å². The SMILES string of the molecule is O=CC1(CN(Cc2ccsc2)C2CC2)CCCCC1. The van der Waals surface area contributed by atoms with E-state index < -0.39 is 0 Å². The average Bonchev–Trinajstić information content (AvgIpc) is 3.18. The molecule has 1 aromatic heterocycles. The van der Waals surface area contributed by atoms with Gasteiger partial charge < -0.3 is 4.79 Å². The highest BCUT2D eigenvalue weighted by Gasteiger charge is 2.38. The molecule has 0 unspecified atom stereocenters. The molecule has 1 heterocycles. The number of thiophene rings is 1. The first-order valence-corrected chi connectivity index (χ1v) is 8.47. The third-order valence-electron chi connectivity index (χ3n) is 4.65. The zero-order valence-corrected chi connectivity index (χ0v) is 12.3. The first-order chi connectivity index (χ1) is 9.31. The van der Waals surface area contributed by atoms with E-state index in [9.17, 15) is 4.79 Å². The van der Waals surface area contributed by atoms with E-state index >= 15 is 0 Å². The fraction of sp³-hybridized carbons (Fsp3) is 0.688. The quantitative estimate of drug-likeness (QED) is 0.736. The Morgan fingerprint density at radius 1 is 1.32 bits per heavy atom. The average molecular weight is 277 g/mol. The zero-order valence-electron chi connectivity index (χ0n) is 11.5. The van der Waals surface area contributed by atoms with Crippen LogP contribution in [0.3, 0.4) is 0 Å². The van der Waals surface area contributed by atoms with E-state index in [2.05, 4.69) is 21.7 Å². The lowest BCUT2D eigenvalue weighted by atomic mass is 9.75. The Bertz CT molecular complexity index is 404. The summed E-state index contributed by atoms with van der Waals surface area (Å²) in [7, 11) is 0. The third kappa shape index (κ3) is 3.26. The molecule has 0 radical (unpaired) electrons. The summed E-state index contributed by atoms with van der Waals surface area (Å²) in [6.07, 6.45) is 9.88. The maximum atomic E-state index is 11.6. The Morgan fingerprint density at radius 2 is 2.11 bits per heavy atom. The topological polar surface area (TPSA) is 20.3 Å². The Hall–Kier alpha value is -0.670. The van der Waals surface area contributed by atoms with Crippen molar-refractivity contribution in [3.05, 3.63) is 22.4 Å². The summed E-state index contributed by atoms with van der Waals surface area (Å²) in [4.78, 5) is 14.2. The second kappa shape index (κ2) is 5.76. The Labute approximate surface area is 119 Å². The van der Waals surface area contributed by atoms with Crippen LogP contribution in [0.5, 0.6) is 0 Å². The van der Waals surface area contributed by atoms with Crippen LogP contribution in [-0.4, -0.2) is 23.8 Å². The molecule has 2 aliphatic rings. The molecule has 0 aromatic carbocycles. The third-order valence-corrected chi connectivity index (χ3v) is 5.38. The molecule has 0 amide bonds. The molecule has 0 spiro atoms. The minimum Gasteiger partial charge on any atom is -0.303 e. The molecule has 104 valence electrons. The van der Waals surface area contributed by atoms with Crippen molar-refractivity contribution in [3.8, 4) is 0 Å². The van der Waals surface area contributed by atoms with E-state index in [1.54, 1.807) is 11.3 Å². The number of aldehydes is 1. The summed E-state index contributed by atoms with van der Waals surface area (Å²) in [5.74, 6) is 0. The van der Waals surface area contributed by atoms with Gasteiger partial charge in [0.05, 0.1) is 0 Å². The molecule has 2 nitrogen and oxygen atoms in total. The van der Waals surface area contributed by atoms with Gasteiger partial charge in [-0.1, -0.05) is 19.3 Å². The Balaban J connectivity index is 1.68. The fourth-order valence-electron chi connectivity index (χ4n) is 3.34. The lowest BCUT2D eigenvalue weighted by Crippen LogP contribution is -2.41. The summed E-state index contributed by atoms with van der Waals surface area (Å²) in [6.45, 7) is 2.01. The molecule has 2 aliphatic carbocycles. The van der Waals surface area contributed by atoms with Gasteiger partial charge in [0.1, 0.15) is 6.29 Å². The highest BCUT2D eigenvalue weighted by Crippen LogP contribution is 2.38. The van der Waals surface area contributed by atoms with Crippen LogP contribution < -0.4 is 0 Å². The molecule has 19 heavy (non-hydrogen) atoms. The smallest absolute Gasteiger partial charge is 0.127 e. The molecule has 2 fully saturated rings. The van der Waals surface area contributed by atoms with Gasteiger partial charge in [0.2, 0.25) is 0 Å². The van der Waals surface area contributed by atoms with Crippen molar-refractivity contribution in [1.82, 2.24) is 4.90 Å². The van der Waals surface area contributed by atoms with Crippen molar-refractivity contribution in [2.45, 2.75) is 57.5 Å². The van der Waals surface area contributed by atoms with Crippen molar-refractivity contribution < 1.29 is 4.79 Å². The predicted octanol–water partition coefficient (Wildman–Crippen LogP) is 3.86. The first-order valence-electron chi connectivity index (χ1n) is 7.53. The minimum atomic E-state index is -0.0448. The van der Waals surface area contributed by atoms with Crippen molar-refractivity contribution in [2.75, 3.05) is 6.54 Å². The van der Waals surface area contributed by atoms with E-state index in [0.29, 0.717) is 0 Å². The number of nitrogens with zero attached hydrogens (tertiary/aromatic N) is 1. The van der Waals surface area contributed by atoms with Crippen LogP contribution in [-0.2, 0) is 11.3 Å². The maximum Gasteiger partial charge on any atom is 0.127 e. The molecule has 1 aromatic rings. The molecule has 2 saturated carbocycles. The summed E-state index contributed by atoms with van der Waals surface area (Å²) < 4.78 is 0.